The number of hydrogen-bond acceptors (Lipinski definition) is 7. The molecule has 50 heavy (non-hydrogen) atoms. The number of carboxylic acid groups (broad SMARTS) is 1. The van der Waals surface area contributed by atoms with Crippen LogP contribution in [-0.2, 0) is 35.8 Å². The van der Waals surface area contributed by atoms with E-state index < -0.39 is 41.0 Å². The number of likely N-dealkylation sites (tertiary alicyclic amines) is 1. The number of amides is 2. The molecule has 0 bridgehead atoms. The first-order valence-electron chi connectivity index (χ1n) is 17.1. The zero-order valence-corrected chi connectivity index (χ0v) is 27.2. The number of nitrogens with zero attached hydrogens (tertiary/aromatic N) is 1. The number of aliphatic carboxylic acids is 1. The third kappa shape index (κ3) is 4.78. The summed E-state index contributed by atoms with van der Waals surface area (Å²) in [4.78, 5) is 70.5. The molecule has 3 aromatic carbocycles. The molecule has 2 N–H and O–H groups in total. The molecule has 9 nitrogen and oxygen atoms in total. The number of hydrogen-bond donors (Lipinski definition) is 2. The molecule has 2 amide bonds. The van der Waals surface area contributed by atoms with Gasteiger partial charge in [0.05, 0.1) is 23.5 Å². The van der Waals surface area contributed by atoms with Gasteiger partial charge in [0.2, 0.25) is 11.8 Å². The van der Waals surface area contributed by atoms with Crippen LogP contribution >= 0.6 is 0 Å². The molecule has 2 aliphatic heterocycles. The predicted octanol–water partition coefficient (Wildman–Crippen LogP) is 5.43. The molecule has 0 aromatic heterocycles. The predicted molar refractivity (Wildman–Crippen MR) is 181 cm³/mol. The van der Waals surface area contributed by atoms with Crippen LogP contribution in [0.25, 0.3) is 5.57 Å². The van der Waals surface area contributed by atoms with Crippen molar-refractivity contribution in [1.82, 2.24) is 4.90 Å². The van der Waals surface area contributed by atoms with Crippen LogP contribution < -0.4 is 4.74 Å². The number of aromatic hydroxyl groups is 1. The van der Waals surface area contributed by atoms with Crippen LogP contribution in [0.2, 0.25) is 0 Å². The molecule has 5 aliphatic rings. The van der Waals surface area contributed by atoms with Crippen molar-refractivity contribution in [3.8, 4) is 11.5 Å². The maximum Gasteiger partial charge on any atom is 0.303 e. The lowest BCUT2D eigenvalue weighted by molar-refractivity contribution is -0.142. The highest BCUT2D eigenvalue weighted by Crippen LogP contribution is 2.63. The molecule has 8 rings (SSSR count). The van der Waals surface area contributed by atoms with Gasteiger partial charge in [0.25, 0.3) is 0 Å². The van der Waals surface area contributed by atoms with E-state index >= 15 is 4.79 Å². The van der Waals surface area contributed by atoms with Gasteiger partial charge in [0.1, 0.15) is 11.5 Å². The zero-order chi connectivity index (χ0) is 34.7. The second kappa shape index (κ2) is 12.1. The number of carbonyl (C=O) groups excluding carboxylic acids is 4. The number of benzene rings is 3. The first-order chi connectivity index (χ1) is 24.2. The van der Waals surface area contributed by atoms with Gasteiger partial charge >= 0.3 is 5.97 Å². The highest BCUT2D eigenvalue weighted by Gasteiger charge is 2.66. The summed E-state index contributed by atoms with van der Waals surface area (Å²) in [6.45, 7) is 0.0113. The Kier molecular flexibility index (Phi) is 7.66. The molecule has 0 spiro atoms. The minimum Gasteiger partial charge on any atom is -0.508 e. The van der Waals surface area contributed by atoms with Crippen LogP contribution in [-0.4, -0.2) is 51.0 Å². The second-order valence-corrected chi connectivity index (χ2v) is 13.9. The van der Waals surface area contributed by atoms with Gasteiger partial charge in [0.15, 0.2) is 11.6 Å². The maximum atomic E-state index is 15.1. The van der Waals surface area contributed by atoms with Crippen molar-refractivity contribution in [2.45, 2.75) is 37.5 Å². The number of rotatable bonds is 7. The molecular weight excluding hydrogens is 634 g/mol. The number of imide groups is 1. The fraction of sp³-hybridized carbons (Fsp3) is 0.293. The van der Waals surface area contributed by atoms with Gasteiger partial charge in [-0.15, -0.1) is 0 Å². The van der Waals surface area contributed by atoms with Crippen LogP contribution in [0.15, 0.2) is 108 Å². The smallest absolute Gasteiger partial charge is 0.303 e. The first kappa shape index (κ1) is 31.7. The summed E-state index contributed by atoms with van der Waals surface area (Å²) in [7, 11) is 0. The monoisotopic (exact) mass is 669 g/mol. The fourth-order valence-corrected chi connectivity index (χ4v) is 9.36. The Morgan fingerprint density at radius 1 is 0.920 bits per heavy atom. The number of phenols is 1. The number of carboxylic acids is 1. The molecule has 3 aliphatic carbocycles. The van der Waals surface area contributed by atoms with Crippen molar-refractivity contribution in [2.24, 2.45) is 29.6 Å². The molecule has 6 atom stereocenters. The molecule has 1 saturated heterocycles. The second-order valence-electron chi connectivity index (χ2n) is 13.9. The van der Waals surface area contributed by atoms with Crippen LogP contribution in [0.5, 0.6) is 11.5 Å². The minimum absolute atomic E-state index is 0.0113. The quantitative estimate of drug-likeness (QED) is 0.251. The first-order valence-corrected chi connectivity index (χ1v) is 17.1. The Morgan fingerprint density at radius 2 is 1.66 bits per heavy atom. The fourth-order valence-electron chi connectivity index (χ4n) is 9.36. The molecule has 252 valence electrons. The lowest BCUT2D eigenvalue weighted by Gasteiger charge is -2.56. The normalized spacial score (nSPS) is 28.4. The average Bonchev–Trinajstić information content (AvgIpc) is 3.37. The molecule has 0 unspecified atom stereocenters. The lowest BCUT2D eigenvalue weighted by Crippen LogP contribution is -2.60. The molecule has 2 fully saturated rings. The topological polar surface area (TPSA) is 138 Å². The molecule has 9 heteroatoms. The summed E-state index contributed by atoms with van der Waals surface area (Å²) >= 11 is 0. The van der Waals surface area contributed by atoms with Crippen LogP contribution in [0, 0.1) is 29.6 Å². The lowest BCUT2D eigenvalue weighted by atomic mass is 9.44. The summed E-state index contributed by atoms with van der Waals surface area (Å²) in [6.07, 6.45) is 5.90. The van der Waals surface area contributed by atoms with Crippen LogP contribution in [0.3, 0.4) is 0 Å². The van der Waals surface area contributed by atoms with E-state index in [9.17, 15) is 29.4 Å². The highest BCUT2D eigenvalue weighted by molar-refractivity contribution is 6.31. The average molecular weight is 670 g/mol. The Hall–Kier alpha value is -5.57. The molecule has 3 aromatic rings. The Bertz CT molecular complexity index is 2050. The van der Waals surface area contributed by atoms with Crippen molar-refractivity contribution in [1.29, 1.82) is 0 Å². The van der Waals surface area contributed by atoms with E-state index in [0.717, 1.165) is 16.7 Å². The summed E-state index contributed by atoms with van der Waals surface area (Å²) in [5, 5.41) is 19.6. The van der Waals surface area contributed by atoms with Gasteiger partial charge in [0, 0.05) is 42.4 Å². The standard InChI is InChI=1S/C41H35NO8/c43-27-13-16-33-24(19-27)18-25(22-50-33)37-28-14-15-29-36(40(49)42(39(29)48)17-7-12-35(45)46)31(28)20-32-38(47)30(23-8-3-1-4-9-23)21-34(44)41(32,37)26-10-5-2-6-11-26/h1-6,8-11,13-14,16,19,21-22,29,31-32,36-37,43H,7,12,15,17-18,20H2,(H,45,46)/t29-,31+,32-,36-,37-,41-/m0/s1. The summed E-state index contributed by atoms with van der Waals surface area (Å²) in [6, 6.07) is 23.3. The Morgan fingerprint density at radius 3 is 2.40 bits per heavy atom. The van der Waals surface area contributed by atoms with Gasteiger partial charge in [-0.05, 0) is 66.2 Å². The van der Waals surface area contributed by atoms with Gasteiger partial charge in [-0.1, -0.05) is 72.3 Å². The van der Waals surface area contributed by atoms with Crippen molar-refractivity contribution in [2.75, 3.05) is 6.54 Å². The zero-order valence-electron chi connectivity index (χ0n) is 27.2. The van der Waals surface area contributed by atoms with E-state index in [0.29, 0.717) is 28.9 Å². The number of fused-ring (bicyclic) bond motifs is 5. The number of carbonyl (C=O) groups is 5. The van der Waals surface area contributed by atoms with Crippen molar-refractivity contribution in [3.05, 3.63) is 125 Å². The van der Waals surface area contributed by atoms with E-state index in [1.807, 2.05) is 66.7 Å². The third-order valence-electron chi connectivity index (χ3n) is 11.4. The number of ether oxygens (including phenoxy) is 1. The van der Waals surface area contributed by atoms with Crippen LogP contribution in [0.4, 0.5) is 0 Å². The van der Waals surface area contributed by atoms with Crippen molar-refractivity contribution >= 4 is 34.9 Å². The number of phenolic OH excluding ortho intramolecular Hbond substituents is 1. The van der Waals surface area contributed by atoms with E-state index in [-0.39, 0.29) is 61.4 Å². The van der Waals surface area contributed by atoms with Crippen molar-refractivity contribution in [3.63, 3.8) is 0 Å². The maximum absolute atomic E-state index is 15.1. The Balaban J connectivity index is 1.31. The van der Waals surface area contributed by atoms with Gasteiger partial charge < -0.3 is 14.9 Å². The number of ketones is 2. The van der Waals surface area contributed by atoms with E-state index in [4.69, 9.17) is 4.74 Å². The minimum atomic E-state index is -1.37. The molecule has 2 heterocycles. The number of allylic oxidation sites excluding steroid dienone is 5. The summed E-state index contributed by atoms with van der Waals surface area (Å²) in [5.41, 5.74) is 2.56. The molecule has 1 saturated carbocycles. The third-order valence-corrected chi connectivity index (χ3v) is 11.4. The molecular formula is C41H35NO8. The van der Waals surface area contributed by atoms with E-state index in [1.54, 1.807) is 24.5 Å². The largest absolute Gasteiger partial charge is 0.508 e. The van der Waals surface area contributed by atoms with E-state index in [1.165, 1.54) is 11.0 Å². The van der Waals surface area contributed by atoms with E-state index in [2.05, 4.69) is 0 Å². The SMILES string of the molecule is O=C(O)CCCN1C(=O)[C@H]2[C@H](CC=C3[C@H](C4=COc5ccc(O)cc5C4)[C@]4(c5ccccc5)C(=O)C=C(c5ccccc5)C(=O)[C@@H]4C[C@H]32)C1=O. The van der Waals surface area contributed by atoms with Gasteiger partial charge in [-0.2, -0.15) is 0 Å². The highest BCUT2D eigenvalue weighted by atomic mass is 16.5. The molecule has 0 radical (unpaired) electrons. The van der Waals surface area contributed by atoms with Crippen LogP contribution in [0.1, 0.15) is 42.4 Å². The summed E-state index contributed by atoms with van der Waals surface area (Å²) in [5.74, 6) is -4.94. The number of Topliss-reactive ketones (excluding diaryl/α,β-unsaturated/α-hetero) is 1. The van der Waals surface area contributed by atoms with Crippen molar-refractivity contribution < 1.29 is 38.9 Å². The van der Waals surface area contributed by atoms with Gasteiger partial charge in [-0.3, -0.25) is 28.9 Å². The Labute approximate surface area is 288 Å². The summed E-state index contributed by atoms with van der Waals surface area (Å²) < 4.78 is 6.15. The van der Waals surface area contributed by atoms with Gasteiger partial charge in [-0.25, -0.2) is 0 Å².